The minimum absolute atomic E-state index is 0.0480. The molecular weight excluding hydrogens is 406 g/mol. The first-order valence-electron chi connectivity index (χ1n) is 8.22. The van der Waals surface area contributed by atoms with Crippen LogP contribution >= 0.6 is 11.6 Å². The average molecular weight is 424 g/mol. The minimum Gasteiger partial charge on any atom is -0.437 e. The molecule has 6 nitrogen and oxygen atoms in total. The second-order valence-electron chi connectivity index (χ2n) is 5.99. The van der Waals surface area contributed by atoms with Gasteiger partial charge in [0.25, 0.3) is 0 Å². The lowest BCUT2D eigenvalue weighted by atomic mass is 10.2. The normalized spacial score (nSPS) is 18.3. The molecule has 0 aromatic heterocycles. The number of urea groups is 1. The van der Waals surface area contributed by atoms with E-state index in [-0.39, 0.29) is 17.9 Å². The van der Waals surface area contributed by atoms with Crippen molar-refractivity contribution in [3.05, 3.63) is 40.5 Å². The van der Waals surface area contributed by atoms with Crippen molar-refractivity contribution >= 4 is 23.3 Å². The minimum atomic E-state index is -4.76. The van der Waals surface area contributed by atoms with Gasteiger partial charge in [-0.15, -0.1) is 0 Å². The second kappa shape index (κ2) is 9.24. The van der Waals surface area contributed by atoms with Crippen molar-refractivity contribution in [1.82, 2.24) is 5.32 Å². The van der Waals surface area contributed by atoms with Gasteiger partial charge in [0.15, 0.2) is 17.4 Å². The second-order valence-corrected chi connectivity index (χ2v) is 6.40. The molecule has 1 aliphatic rings. The highest BCUT2D eigenvalue weighted by Gasteiger charge is 2.32. The van der Waals surface area contributed by atoms with Crippen molar-refractivity contribution in [2.24, 2.45) is 10.7 Å². The SMILES string of the molecule is CC(/C=C(\N)Oc1c(F)cc(C(F)(F)F)cc1Cl)=N\C(=O)NCC1CCCO1. The number of ether oxygens (including phenoxy) is 2. The van der Waals surface area contributed by atoms with Gasteiger partial charge in [0, 0.05) is 24.9 Å². The predicted molar refractivity (Wildman–Crippen MR) is 94.8 cm³/mol. The number of nitrogens with two attached hydrogens (primary N) is 1. The number of amides is 2. The first kappa shape index (κ1) is 22.0. The summed E-state index contributed by atoms with van der Waals surface area (Å²) in [5.74, 6) is -2.41. The first-order chi connectivity index (χ1) is 13.1. The number of carbonyl (C=O) groups is 1. The molecule has 3 N–H and O–H groups in total. The van der Waals surface area contributed by atoms with Crippen molar-refractivity contribution in [3.8, 4) is 5.75 Å². The van der Waals surface area contributed by atoms with Crippen LogP contribution in [0.5, 0.6) is 5.75 Å². The molecule has 0 radical (unpaired) electrons. The maximum Gasteiger partial charge on any atom is 0.416 e. The Morgan fingerprint density at radius 3 is 2.79 bits per heavy atom. The van der Waals surface area contributed by atoms with E-state index in [1.807, 2.05) is 0 Å². The zero-order chi connectivity index (χ0) is 20.9. The Hall–Kier alpha value is -2.33. The van der Waals surface area contributed by atoms with Gasteiger partial charge in [0.1, 0.15) is 0 Å². The van der Waals surface area contributed by atoms with Gasteiger partial charge in [0.2, 0.25) is 0 Å². The number of halogens is 5. The third kappa shape index (κ3) is 6.38. The summed E-state index contributed by atoms with van der Waals surface area (Å²) < 4.78 is 62.1. The lowest BCUT2D eigenvalue weighted by molar-refractivity contribution is -0.137. The number of nitrogens with one attached hydrogen (secondary N) is 1. The number of hydrogen-bond acceptors (Lipinski definition) is 4. The van der Waals surface area contributed by atoms with Crippen LogP contribution in [0.25, 0.3) is 0 Å². The first-order valence-corrected chi connectivity index (χ1v) is 8.60. The van der Waals surface area contributed by atoms with E-state index in [1.54, 1.807) is 0 Å². The molecule has 0 spiro atoms. The highest BCUT2D eigenvalue weighted by molar-refractivity contribution is 6.32. The summed E-state index contributed by atoms with van der Waals surface area (Å²) >= 11 is 5.66. The zero-order valence-electron chi connectivity index (χ0n) is 14.8. The van der Waals surface area contributed by atoms with E-state index < -0.39 is 40.2 Å². The molecule has 1 atom stereocenters. The molecule has 28 heavy (non-hydrogen) atoms. The summed E-state index contributed by atoms with van der Waals surface area (Å²) in [5, 5.41) is 1.96. The van der Waals surface area contributed by atoms with Crippen LogP contribution in [-0.4, -0.2) is 31.0 Å². The topological polar surface area (TPSA) is 85.9 Å². The van der Waals surface area contributed by atoms with E-state index in [0.29, 0.717) is 19.2 Å². The predicted octanol–water partition coefficient (Wildman–Crippen LogP) is 4.03. The molecule has 0 aliphatic carbocycles. The summed E-state index contributed by atoms with van der Waals surface area (Å²) in [5.41, 5.74) is 4.45. The Kier molecular flexibility index (Phi) is 7.25. The zero-order valence-corrected chi connectivity index (χ0v) is 15.5. The van der Waals surface area contributed by atoms with Gasteiger partial charge in [-0.05, 0) is 31.9 Å². The van der Waals surface area contributed by atoms with Gasteiger partial charge in [-0.1, -0.05) is 11.6 Å². The van der Waals surface area contributed by atoms with E-state index >= 15 is 0 Å². The quantitative estimate of drug-likeness (QED) is 0.425. The number of allylic oxidation sites excluding steroid dienone is 1. The van der Waals surface area contributed by atoms with E-state index in [0.717, 1.165) is 18.9 Å². The van der Waals surface area contributed by atoms with Crippen LogP contribution in [0.1, 0.15) is 25.3 Å². The van der Waals surface area contributed by atoms with Crippen LogP contribution in [-0.2, 0) is 10.9 Å². The molecule has 1 aromatic carbocycles. The molecule has 0 saturated carbocycles. The van der Waals surface area contributed by atoms with Crippen LogP contribution in [0.15, 0.2) is 29.1 Å². The third-order valence-electron chi connectivity index (χ3n) is 3.68. The molecule has 1 saturated heterocycles. The monoisotopic (exact) mass is 423 g/mol. The number of benzene rings is 1. The number of hydrogen-bond donors (Lipinski definition) is 2. The third-order valence-corrected chi connectivity index (χ3v) is 3.96. The molecule has 1 aromatic rings. The molecule has 2 amide bonds. The summed E-state index contributed by atoms with van der Waals surface area (Å²) in [6.07, 6.45) is -1.91. The number of rotatable bonds is 5. The molecule has 1 aliphatic heterocycles. The molecular formula is C17H18ClF4N3O3. The molecule has 1 heterocycles. The molecule has 1 unspecified atom stereocenters. The number of alkyl halides is 3. The number of carbonyl (C=O) groups excluding carboxylic acids is 1. The maximum atomic E-state index is 13.9. The highest BCUT2D eigenvalue weighted by Crippen LogP contribution is 2.37. The fourth-order valence-electron chi connectivity index (χ4n) is 2.41. The van der Waals surface area contributed by atoms with Crippen LogP contribution in [0.4, 0.5) is 22.4 Å². The lowest BCUT2D eigenvalue weighted by Gasteiger charge is -2.12. The average Bonchev–Trinajstić information content (AvgIpc) is 3.08. The molecule has 2 rings (SSSR count). The Balaban J connectivity index is 2.01. The van der Waals surface area contributed by atoms with Crippen molar-refractivity contribution in [1.29, 1.82) is 0 Å². The van der Waals surface area contributed by atoms with Gasteiger partial charge >= 0.3 is 12.2 Å². The largest absolute Gasteiger partial charge is 0.437 e. The molecule has 154 valence electrons. The highest BCUT2D eigenvalue weighted by atomic mass is 35.5. The molecule has 11 heteroatoms. The van der Waals surface area contributed by atoms with Crippen LogP contribution in [0, 0.1) is 5.82 Å². The summed E-state index contributed by atoms with van der Waals surface area (Å²) in [7, 11) is 0. The molecule has 1 fully saturated rings. The van der Waals surface area contributed by atoms with Crippen LogP contribution < -0.4 is 15.8 Å². The van der Waals surface area contributed by atoms with E-state index in [9.17, 15) is 22.4 Å². The number of nitrogens with zero attached hydrogens (tertiary/aromatic N) is 1. The molecule has 0 bridgehead atoms. The van der Waals surface area contributed by atoms with Gasteiger partial charge in [-0.25, -0.2) is 9.18 Å². The maximum absolute atomic E-state index is 13.9. The van der Waals surface area contributed by atoms with Crippen molar-refractivity contribution in [3.63, 3.8) is 0 Å². The summed E-state index contributed by atoms with van der Waals surface area (Å²) in [6, 6.07) is 0.136. The van der Waals surface area contributed by atoms with Crippen LogP contribution in [0.2, 0.25) is 5.02 Å². The smallest absolute Gasteiger partial charge is 0.416 e. The Bertz CT molecular complexity index is 767. The van der Waals surface area contributed by atoms with Crippen molar-refractivity contribution in [2.75, 3.05) is 13.2 Å². The lowest BCUT2D eigenvalue weighted by Crippen LogP contribution is -2.30. The van der Waals surface area contributed by atoms with E-state index in [1.165, 1.54) is 6.92 Å². The van der Waals surface area contributed by atoms with E-state index in [2.05, 4.69) is 10.3 Å². The summed E-state index contributed by atoms with van der Waals surface area (Å²) in [4.78, 5) is 15.4. The Labute approximate surface area is 163 Å². The number of aliphatic imine (C=N–C) groups is 1. The van der Waals surface area contributed by atoms with Crippen LogP contribution in [0.3, 0.4) is 0 Å². The van der Waals surface area contributed by atoms with Crippen molar-refractivity contribution in [2.45, 2.75) is 32.0 Å². The summed E-state index contributed by atoms with van der Waals surface area (Å²) in [6.45, 7) is 2.41. The fraction of sp³-hybridized carbons (Fsp3) is 0.412. The van der Waals surface area contributed by atoms with E-state index in [4.69, 9.17) is 26.8 Å². The van der Waals surface area contributed by atoms with Gasteiger partial charge in [-0.2, -0.15) is 18.2 Å². The Morgan fingerprint density at radius 1 is 1.50 bits per heavy atom. The fourth-order valence-corrected chi connectivity index (χ4v) is 2.66. The van der Waals surface area contributed by atoms with Gasteiger partial charge in [0.05, 0.1) is 16.7 Å². The Morgan fingerprint density at radius 2 is 2.21 bits per heavy atom. The van der Waals surface area contributed by atoms with Crippen molar-refractivity contribution < 1.29 is 31.8 Å². The van der Waals surface area contributed by atoms with Gasteiger partial charge in [-0.3, -0.25) is 0 Å². The van der Waals surface area contributed by atoms with Gasteiger partial charge < -0.3 is 20.5 Å². The standard InChI is InChI=1S/C17H18ClF4N3O3/c1-9(25-16(26)24-8-11-3-2-4-27-11)5-14(23)28-15-12(18)6-10(7-13(15)19)17(20,21)22/h5-7,11H,2-4,8,23H2,1H3,(H,24,26)/b14-5+,25-9+.